The van der Waals surface area contributed by atoms with Gasteiger partial charge in [-0.3, -0.25) is 0 Å². The molecule has 80 valence electrons. The molecule has 0 aliphatic carbocycles. The summed E-state index contributed by atoms with van der Waals surface area (Å²) in [4.78, 5) is 0. The molecule has 2 aromatic rings. The maximum absolute atomic E-state index is 5.77. The van der Waals surface area contributed by atoms with E-state index in [0.717, 1.165) is 5.70 Å². The lowest BCUT2D eigenvalue weighted by molar-refractivity contribution is 0.853. The third-order valence-electron chi connectivity index (χ3n) is 2.69. The Hall–Kier alpha value is -1.45. The van der Waals surface area contributed by atoms with Crippen molar-refractivity contribution in [2.75, 3.05) is 0 Å². The number of hydrogen-bond donors (Lipinski definition) is 2. The summed E-state index contributed by atoms with van der Waals surface area (Å²) in [6.07, 6.45) is 0. The van der Waals surface area contributed by atoms with Crippen molar-refractivity contribution in [1.82, 2.24) is 5.32 Å². The van der Waals surface area contributed by atoms with E-state index >= 15 is 0 Å². The molecule has 2 nitrogen and oxygen atoms in total. The number of fused-ring (bicyclic) bond motifs is 1. The van der Waals surface area contributed by atoms with E-state index in [0.29, 0.717) is 0 Å². The Morgan fingerprint density at radius 1 is 1.06 bits per heavy atom. The first-order valence-corrected chi connectivity index (χ1v) is 6.14. The minimum absolute atomic E-state index is 0.0125. The Kier molecular flexibility index (Phi) is 2.35. The number of rotatable bonds is 1. The molecule has 1 aliphatic heterocycles. The lowest BCUT2D eigenvalue weighted by Gasteiger charge is -2.08. The van der Waals surface area contributed by atoms with Crippen LogP contribution in [0, 0.1) is 0 Å². The lowest BCUT2D eigenvalue weighted by atomic mass is 10.1. The van der Waals surface area contributed by atoms with Crippen LogP contribution in [0.5, 0.6) is 0 Å². The second-order valence-electron chi connectivity index (χ2n) is 3.79. The van der Waals surface area contributed by atoms with E-state index in [9.17, 15) is 0 Å². The van der Waals surface area contributed by atoms with Gasteiger partial charge >= 0.3 is 0 Å². The fourth-order valence-corrected chi connectivity index (χ4v) is 2.55. The van der Waals surface area contributed by atoms with Gasteiger partial charge in [0.1, 0.15) is 5.50 Å². The van der Waals surface area contributed by atoms with Gasteiger partial charge in [-0.05, 0) is 27.8 Å². The van der Waals surface area contributed by atoms with Gasteiger partial charge < -0.3 is 11.1 Å². The number of nitrogens with two attached hydrogens (primary N) is 1. The van der Waals surface area contributed by atoms with Crippen LogP contribution in [0.2, 0.25) is 0 Å². The standard InChI is InChI=1S/C13H12N2S/c14-13-15-12(8-16-13)11-6-5-9-3-1-2-4-10(9)7-11/h1-8,13,15H,14H2. The molecule has 3 N–H and O–H groups in total. The molecule has 0 amide bonds. The second kappa shape index (κ2) is 3.85. The van der Waals surface area contributed by atoms with E-state index in [2.05, 4.69) is 53.2 Å². The smallest absolute Gasteiger partial charge is 0.127 e. The first kappa shape index (κ1) is 9.75. The normalized spacial score (nSPS) is 19.6. The van der Waals surface area contributed by atoms with Crippen LogP contribution in [0.15, 0.2) is 47.9 Å². The zero-order valence-corrected chi connectivity index (χ0v) is 9.50. The molecule has 0 fully saturated rings. The first-order chi connectivity index (χ1) is 7.83. The van der Waals surface area contributed by atoms with Crippen molar-refractivity contribution in [2.45, 2.75) is 5.50 Å². The second-order valence-corrected chi connectivity index (χ2v) is 4.81. The van der Waals surface area contributed by atoms with Crippen molar-refractivity contribution >= 4 is 28.2 Å². The molecule has 0 bridgehead atoms. The summed E-state index contributed by atoms with van der Waals surface area (Å²) in [6, 6.07) is 14.8. The molecule has 1 atom stereocenters. The molecule has 2 aromatic carbocycles. The van der Waals surface area contributed by atoms with Crippen LogP contribution in [-0.4, -0.2) is 5.50 Å². The molecule has 16 heavy (non-hydrogen) atoms. The Labute approximate surface area is 98.5 Å². The SMILES string of the molecule is NC1NC(c2ccc3ccccc3c2)=CS1. The lowest BCUT2D eigenvalue weighted by Crippen LogP contribution is -2.28. The summed E-state index contributed by atoms with van der Waals surface area (Å²) in [5, 5.41) is 7.84. The summed E-state index contributed by atoms with van der Waals surface area (Å²) in [5.74, 6) is 0. The van der Waals surface area contributed by atoms with E-state index in [1.165, 1.54) is 16.3 Å². The minimum atomic E-state index is -0.0125. The van der Waals surface area contributed by atoms with E-state index in [1.807, 2.05) is 0 Å². The number of thioether (sulfide) groups is 1. The molecule has 0 spiro atoms. The van der Waals surface area contributed by atoms with E-state index in [4.69, 9.17) is 5.73 Å². The zero-order chi connectivity index (χ0) is 11.0. The molecule has 1 aliphatic rings. The van der Waals surface area contributed by atoms with E-state index in [1.54, 1.807) is 11.8 Å². The van der Waals surface area contributed by atoms with Gasteiger partial charge in [-0.1, -0.05) is 48.2 Å². The number of benzene rings is 2. The summed E-state index contributed by atoms with van der Waals surface area (Å²) >= 11 is 1.61. The van der Waals surface area contributed by atoms with Gasteiger partial charge in [-0.15, -0.1) is 0 Å². The predicted octanol–water partition coefficient (Wildman–Crippen LogP) is 2.72. The highest BCUT2D eigenvalue weighted by molar-refractivity contribution is 8.03. The van der Waals surface area contributed by atoms with Crippen LogP contribution in [0.3, 0.4) is 0 Å². The van der Waals surface area contributed by atoms with Crippen LogP contribution >= 0.6 is 11.8 Å². The quantitative estimate of drug-likeness (QED) is 0.788. The molecule has 0 saturated carbocycles. The molecule has 1 unspecified atom stereocenters. The van der Waals surface area contributed by atoms with Crippen molar-refractivity contribution in [2.24, 2.45) is 5.73 Å². The molecule has 0 radical (unpaired) electrons. The summed E-state index contributed by atoms with van der Waals surface area (Å²) in [6.45, 7) is 0. The fourth-order valence-electron chi connectivity index (χ4n) is 1.87. The first-order valence-electron chi connectivity index (χ1n) is 5.20. The minimum Gasteiger partial charge on any atom is -0.360 e. The van der Waals surface area contributed by atoms with Gasteiger partial charge in [-0.25, -0.2) is 0 Å². The maximum atomic E-state index is 5.77. The number of nitrogens with one attached hydrogen (secondary N) is 1. The maximum Gasteiger partial charge on any atom is 0.127 e. The molecule has 3 heteroatoms. The zero-order valence-electron chi connectivity index (χ0n) is 8.68. The van der Waals surface area contributed by atoms with Crippen molar-refractivity contribution in [3.63, 3.8) is 0 Å². The Morgan fingerprint density at radius 2 is 1.88 bits per heavy atom. The average Bonchev–Trinajstić information content (AvgIpc) is 2.75. The third-order valence-corrected chi connectivity index (χ3v) is 3.47. The van der Waals surface area contributed by atoms with Gasteiger partial charge in [0, 0.05) is 5.70 Å². The molecular weight excluding hydrogens is 216 g/mol. The van der Waals surface area contributed by atoms with E-state index in [-0.39, 0.29) is 5.50 Å². The predicted molar refractivity (Wildman–Crippen MR) is 70.6 cm³/mol. The third kappa shape index (κ3) is 1.68. The van der Waals surface area contributed by atoms with Gasteiger partial charge in [0.15, 0.2) is 0 Å². The molecule has 0 saturated heterocycles. The Morgan fingerprint density at radius 3 is 2.62 bits per heavy atom. The van der Waals surface area contributed by atoms with Crippen LogP contribution in [0.1, 0.15) is 5.56 Å². The summed E-state index contributed by atoms with van der Waals surface area (Å²) < 4.78 is 0. The molecule has 0 aromatic heterocycles. The Balaban J connectivity index is 2.05. The van der Waals surface area contributed by atoms with E-state index < -0.39 is 0 Å². The van der Waals surface area contributed by atoms with Gasteiger partial charge in [-0.2, -0.15) is 0 Å². The van der Waals surface area contributed by atoms with Crippen LogP contribution in [0.25, 0.3) is 16.5 Å². The van der Waals surface area contributed by atoms with Crippen molar-refractivity contribution in [1.29, 1.82) is 0 Å². The van der Waals surface area contributed by atoms with Crippen molar-refractivity contribution in [3.05, 3.63) is 53.4 Å². The molecule has 1 heterocycles. The van der Waals surface area contributed by atoms with Crippen molar-refractivity contribution in [3.8, 4) is 0 Å². The summed E-state index contributed by atoms with van der Waals surface area (Å²) in [5.41, 5.74) is 8.07. The fraction of sp³-hybridized carbons (Fsp3) is 0.0769. The highest BCUT2D eigenvalue weighted by Gasteiger charge is 2.13. The average molecular weight is 228 g/mol. The highest BCUT2D eigenvalue weighted by atomic mass is 32.2. The topological polar surface area (TPSA) is 38.0 Å². The largest absolute Gasteiger partial charge is 0.360 e. The van der Waals surface area contributed by atoms with Gasteiger partial charge in [0.2, 0.25) is 0 Å². The molecular formula is C13H12N2S. The summed E-state index contributed by atoms with van der Waals surface area (Å²) in [7, 11) is 0. The number of hydrogen-bond acceptors (Lipinski definition) is 3. The van der Waals surface area contributed by atoms with Crippen molar-refractivity contribution < 1.29 is 0 Å². The molecule has 3 rings (SSSR count). The monoisotopic (exact) mass is 228 g/mol. The Bertz CT molecular complexity index is 563. The van der Waals surface area contributed by atoms with Crippen LogP contribution in [0.4, 0.5) is 0 Å². The van der Waals surface area contributed by atoms with Gasteiger partial charge in [0.25, 0.3) is 0 Å². The van der Waals surface area contributed by atoms with Crippen LogP contribution in [-0.2, 0) is 0 Å². The van der Waals surface area contributed by atoms with Crippen LogP contribution < -0.4 is 11.1 Å². The highest BCUT2D eigenvalue weighted by Crippen LogP contribution is 2.26. The van der Waals surface area contributed by atoms with Gasteiger partial charge in [0.05, 0.1) is 0 Å².